The molecule has 0 spiro atoms. The van der Waals surface area contributed by atoms with Gasteiger partial charge in [-0.25, -0.2) is 8.42 Å². The third-order valence-electron chi connectivity index (χ3n) is 12.0. The third-order valence-corrected chi connectivity index (χ3v) is 16.0. The van der Waals surface area contributed by atoms with Crippen molar-refractivity contribution in [2.24, 2.45) is 0 Å². The minimum absolute atomic E-state index is 0. The number of terminal acetylenes is 1. The largest absolute Gasteiger partial charge is 0.748 e. The van der Waals surface area contributed by atoms with Gasteiger partial charge in [0.2, 0.25) is 0 Å². The van der Waals surface area contributed by atoms with E-state index in [1.165, 1.54) is 38.9 Å². The van der Waals surface area contributed by atoms with Gasteiger partial charge in [0.25, 0.3) is 0 Å². The van der Waals surface area contributed by atoms with Crippen LogP contribution in [0.1, 0.15) is 26.8 Å². The van der Waals surface area contributed by atoms with Crippen LogP contribution in [0.25, 0.3) is 88.9 Å². The van der Waals surface area contributed by atoms with Gasteiger partial charge < -0.3 is 38.6 Å². The molecule has 0 fully saturated rings. The zero-order valence-electron chi connectivity index (χ0n) is 56.2. The molecular weight excluding hydrogens is 1510 g/mol. The fourth-order valence-corrected chi connectivity index (χ4v) is 11.3. The Bertz CT molecular complexity index is 4060. The number of rotatable bonds is 6. The number of furan rings is 2. The van der Waals surface area contributed by atoms with E-state index in [2.05, 4.69) is 166 Å². The second-order valence-corrected chi connectivity index (χ2v) is 31.6. The van der Waals surface area contributed by atoms with Crippen LogP contribution in [0.5, 0.6) is 0 Å². The number of benzene rings is 6. The van der Waals surface area contributed by atoms with Crippen LogP contribution in [-0.2, 0) is 50.3 Å². The van der Waals surface area contributed by atoms with Gasteiger partial charge >= 0.3 is 0 Å². The Labute approximate surface area is 568 Å². The van der Waals surface area contributed by atoms with Crippen LogP contribution in [0.15, 0.2) is 210 Å². The van der Waals surface area contributed by atoms with Crippen LogP contribution in [0, 0.1) is 44.7 Å². The van der Waals surface area contributed by atoms with E-state index >= 15 is 0 Å². The summed E-state index contributed by atoms with van der Waals surface area (Å²) < 4.78 is 83.4. The van der Waals surface area contributed by atoms with Crippen molar-refractivity contribution in [2.45, 2.75) is 60.4 Å². The van der Waals surface area contributed by atoms with Gasteiger partial charge in [0.15, 0.2) is 0 Å². The predicted octanol–water partition coefficient (Wildman–Crippen LogP) is 14.0. The van der Waals surface area contributed by atoms with Crippen LogP contribution in [0.4, 0.5) is 0 Å². The van der Waals surface area contributed by atoms with E-state index in [9.17, 15) is 0 Å². The van der Waals surface area contributed by atoms with Gasteiger partial charge in [-0.3, -0.25) is 4.98 Å². The van der Waals surface area contributed by atoms with Crippen molar-refractivity contribution < 1.29 is 80.5 Å². The zero-order chi connectivity index (χ0) is 68.5. The van der Waals surface area contributed by atoms with Crippen LogP contribution in [-0.4, -0.2) is 102 Å². The van der Waals surface area contributed by atoms with Gasteiger partial charge in [0, 0.05) is 138 Å². The molecule has 0 amide bonds. The van der Waals surface area contributed by atoms with Crippen molar-refractivity contribution in [1.82, 2.24) is 19.9 Å². The fraction of sp³-hybridized carbons (Fsp3) is 0.171. The Balaban J connectivity index is 0.000000594. The maximum absolute atomic E-state index is 9.08. The van der Waals surface area contributed by atoms with Crippen molar-refractivity contribution in [3.63, 3.8) is 0 Å². The number of pyridine rings is 4. The number of fused-ring (bicyclic) bond motifs is 6. The molecule has 0 saturated carbocycles. The van der Waals surface area contributed by atoms with Gasteiger partial charge in [0.1, 0.15) is 16.7 Å². The second-order valence-electron chi connectivity index (χ2n) is 20.1. The fourth-order valence-electron chi connectivity index (χ4n) is 8.40. The van der Waals surface area contributed by atoms with Crippen LogP contribution < -0.4 is 10.4 Å². The molecule has 0 aliphatic rings. The third kappa shape index (κ3) is 24.0. The number of aliphatic hydroxyl groups excluding tert-OH is 2. The summed E-state index contributed by atoms with van der Waals surface area (Å²) in [4.78, 5) is 17.2. The summed E-state index contributed by atoms with van der Waals surface area (Å²) in [5.74, 6) is 0. The first-order chi connectivity index (χ1) is 43.7. The number of aryl methyl sites for hydroxylation is 2. The van der Waals surface area contributed by atoms with E-state index in [-0.39, 0.29) is 58.8 Å². The molecule has 7 radical (unpaired) electrons. The predicted molar refractivity (Wildman–Crippen MR) is 371 cm³/mol. The minimum atomic E-state index is -3.92. The number of hydrogen-bond donors (Lipinski definition) is 2. The summed E-state index contributed by atoms with van der Waals surface area (Å²) in [6, 6.07) is 66.1. The molecule has 461 valence electrons. The summed E-state index contributed by atoms with van der Waals surface area (Å²) in [5.41, 5.74) is 11.4. The van der Waals surface area contributed by atoms with Crippen molar-refractivity contribution in [2.75, 3.05) is 20.5 Å². The van der Waals surface area contributed by atoms with E-state index in [4.69, 9.17) is 40.2 Å². The van der Waals surface area contributed by atoms with E-state index in [1.54, 1.807) is 42.6 Å². The quantitative estimate of drug-likeness (QED) is 0.0701. The summed E-state index contributed by atoms with van der Waals surface area (Å²) in [6.45, 7) is 9.93. The molecule has 6 aromatic carbocycles. The maximum Gasteiger partial charge on any atom is 0.144 e. The van der Waals surface area contributed by atoms with E-state index < -0.39 is 40.0 Å². The first kappa shape index (κ1) is 69.3. The summed E-state index contributed by atoms with van der Waals surface area (Å²) >= 11 is 0. The average Bonchev–Trinajstić information content (AvgIpc) is 1.61. The van der Waals surface area contributed by atoms with Gasteiger partial charge in [-0.05, 0) is 76.6 Å². The first-order valence-electron chi connectivity index (χ1n) is 29.6. The SMILES string of the molecule is C.C#C.CO.CO.CS(=O)(=O)[O-].C[Si](C)(C)c1cccc2c1oc1c(-c3ccccn3)[c-]ccc12.C[Si](C)(C)c1cccc2c1oc1c(-c3ccccn3)cccc12.[2H]C([2H])([2H])c1ccc(-c2[c-]cccc2)nc1.[2H]C([2H])([2H])c1ccc(-c2[c-]cccc2)nc1.[B][B][B].[Ir].[Ir]. The normalized spacial score (nSPS) is 11.4. The summed E-state index contributed by atoms with van der Waals surface area (Å²) in [5, 5.41) is 21.4. The molecule has 6 aromatic heterocycles. The second kappa shape index (κ2) is 39.8. The van der Waals surface area contributed by atoms with Crippen molar-refractivity contribution >= 4 is 103 Å². The molecular formula is C70H74B3Ir2N4O7SSi2-4. The van der Waals surface area contributed by atoms with Crippen LogP contribution in [0.2, 0.25) is 39.3 Å². The number of aliphatic hydroxyl groups is 2. The molecule has 6 heterocycles. The smallest absolute Gasteiger partial charge is 0.144 e. The molecule has 0 aliphatic carbocycles. The van der Waals surface area contributed by atoms with E-state index in [0.29, 0.717) is 6.26 Å². The number of para-hydroxylation sites is 3. The average molecular weight is 1590 g/mol. The summed E-state index contributed by atoms with van der Waals surface area (Å²) in [6.07, 6.45) is 15.0. The first-order valence-corrected chi connectivity index (χ1v) is 35.4. The molecule has 12 aromatic rings. The van der Waals surface area contributed by atoms with E-state index in [0.717, 1.165) is 94.0 Å². The van der Waals surface area contributed by atoms with Crippen molar-refractivity contribution in [3.05, 3.63) is 230 Å². The summed E-state index contributed by atoms with van der Waals surface area (Å²) in [7, 11) is 5.14. The van der Waals surface area contributed by atoms with Crippen LogP contribution >= 0.6 is 0 Å². The molecule has 89 heavy (non-hydrogen) atoms. The zero-order valence-corrected chi connectivity index (χ0v) is 57.8. The van der Waals surface area contributed by atoms with E-state index in [1.807, 2.05) is 85.1 Å². The Morgan fingerprint density at radius 2 is 0.899 bits per heavy atom. The van der Waals surface area contributed by atoms with Crippen molar-refractivity contribution in [1.29, 1.82) is 0 Å². The van der Waals surface area contributed by atoms with Gasteiger partial charge in [0.05, 0.1) is 37.5 Å². The molecule has 0 unspecified atom stereocenters. The molecule has 0 saturated heterocycles. The molecule has 19 heteroatoms. The monoisotopic (exact) mass is 1600 g/mol. The Morgan fingerprint density at radius 3 is 1.27 bits per heavy atom. The Morgan fingerprint density at radius 1 is 0.506 bits per heavy atom. The molecule has 2 N–H and O–H groups in total. The van der Waals surface area contributed by atoms with Gasteiger partial charge in [-0.15, -0.1) is 103 Å². The van der Waals surface area contributed by atoms with Gasteiger partial charge in [-0.2, -0.15) is 0 Å². The Kier molecular flexibility index (Phi) is 31.0. The van der Waals surface area contributed by atoms with Crippen LogP contribution in [0.3, 0.4) is 0 Å². The minimum Gasteiger partial charge on any atom is -0.748 e. The molecule has 12 rings (SSSR count). The number of aromatic nitrogens is 4. The molecule has 0 aliphatic heterocycles. The number of nitrogens with zero attached hydrogens (tertiary/aromatic N) is 4. The number of hydrogen-bond acceptors (Lipinski definition) is 11. The molecule has 0 bridgehead atoms. The standard InChI is InChI=1S/C20H19NOSi.C20H18NOSi.2C12H10N.C2H2.CH4O3S.2CH4O.CH4.B3.2Ir/c2*1-23(2,3)18-12-7-9-15-14-8-6-10-16(19(14)22-20(15)18)17-11-4-5-13-21-17;2*1-10-7-8-12(13-9-10)11-5-3-2-4-6-11;1-2;1-5(2,3)4;2*1-2;;1-3-2;;/h4-13H,1-3H3;4-9,11-13H,1-3H3;2*2-5,7-9H,1H3;1-2H;1H3,(H,2,3,4);2*2H,1H3;1H4;;;/q;3*-1;;;;;;;;/p-1/i;;2*1D3;;;;;;;;. The topological polar surface area (TPSA) is 175 Å². The molecule has 0 atom stereocenters. The maximum atomic E-state index is 9.08. The van der Waals surface area contributed by atoms with Gasteiger partial charge in [-0.1, -0.05) is 149 Å². The van der Waals surface area contributed by atoms with Crippen molar-refractivity contribution in [3.8, 4) is 57.9 Å². The molecule has 11 nitrogen and oxygen atoms in total. The Hall–Kier alpha value is -7.16.